The summed E-state index contributed by atoms with van der Waals surface area (Å²) in [6.45, 7) is 4.77. The third-order valence-electron chi connectivity index (χ3n) is 10.5. The van der Waals surface area contributed by atoms with Gasteiger partial charge in [0, 0.05) is 19.3 Å². The molecular formula is C45H88NO7+. The summed E-state index contributed by atoms with van der Waals surface area (Å²) >= 11 is 0. The molecule has 2 atom stereocenters. The number of likely N-dealkylation sites (N-methyl/N-ethyl adjacent to an activating group) is 1. The number of hydrogen-bond donors (Lipinski definition) is 1. The summed E-state index contributed by atoms with van der Waals surface area (Å²) in [5, 5.41) is 9.61. The Morgan fingerprint density at radius 3 is 1.17 bits per heavy atom. The molecular weight excluding hydrogens is 666 g/mol. The van der Waals surface area contributed by atoms with Gasteiger partial charge in [0.15, 0.2) is 12.1 Å². The van der Waals surface area contributed by atoms with Crippen LogP contribution in [0.4, 0.5) is 0 Å². The fraction of sp³-hybridized carbons (Fsp3) is 0.933. The lowest BCUT2D eigenvalue weighted by Crippen LogP contribution is -2.50. The van der Waals surface area contributed by atoms with Gasteiger partial charge in [0.05, 0.1) is 34.4 Å². The zero-order valence-corrected chi connectivity index (χ0v) is 35.7. The first-order valence-electron chi connectivity index (χ1n) is 22.6. The van der Waals surface area contributed by atoms with Crippen molar-refractivity contribution >= 4 is 17.9 Å². The first-order chi connectivity index (χ1) is 25.6. The van der Waals surface area contributed by atoms with Crippen LogP contribution in [0, 0.1) is 0 Å². The summed E-state index contributed by atoms with van der Waals surface area (Å²) in [7, 11) is 5.54. The second kappa shape index (κ2) is 37.3. The van der Waals surface area contributed by atoms with Gasteiger partial charge >= 0.3 is 17.9 Å². The van der Waals surface area contributed by atoms with Crippen LogP contribution in [0.1, 0.15) is 219 Å². The maximum atomic E-state index is 12.7. The highest BCUT2D eigenvalue weighted by Gasteiger charge is 2.31. The van der Waals surface area contributed by atoms with Crippen LogP contribution in [-0.2, 0) is 28.6 Å². The van der Waals surface area contributed by atoms with E-state index in [1.165, 1.54) is 148 Å². The van der Waals surface area contributed by atoms with Crippen molar-refractivity contribution in [2.75, 3.05) is 41.0 Å². The van der Waals surface area contributed by atoms with Crippen molar-refractivity contribution in [1.29, 1.82) is 0 Å². The van der Waals surface area contributed by atoms with Crippen LogP contribution in [0.3, 0.4) is 0 Å². The van der Waals surface area contributed by atoms with Gasteiger partial charge in [0.2, 0.25) is 0 Å². The average Bonchev–Trinajstić information content (AvgIpc) is 3.11. The molecule has 0 heterocycles. The van der Waals surface area contributed by atoms with Crippen LogP contribution < -0.4 is 0 Å². The van der Waals surface area contributed by atoms with Crippen LogP contribution >= 0.6 is 0 Å². The van der Waals surface area contributed by atoms with E-state index >= 15 is 0 Å². The molecule has 0 aromatic carbocycles. The van der Waals surface area contributed by atoms with Gasteiger partial charge in [-0.2, -0.15) is 0 Å². The van der Waals surface area contributed by atoms with E-state index in [1.54, 1.807) is 0 Å². The number of rotatable bonds is 41. The minimum atomic E-state index is -0.870. The van der Waals surface area contributed by atoms with Crippen molar-refractivity contribution in [3.8, 4) is 0 Å². The van der Waals surface area contributed by atoms with Crippen molar-refractivity contribution < 1.29 is 38.2 Å². The average molecular weight is 755 g/mol. The molecule has 0 amide bonds. The molecule has 0 spiro atoms. The monoisotopic (exact) mass is 755 g/mol. The van der Waals surface area contributed by atoms with Crippen LogP contribution in [0.15, 0.2) is 0 Å². The number of carbonyl (C=O) groups excluding carboxylic acids is 2. The summed E-state index contributed by atoms with van der Waals surface area (Å²) < 4.78 is 17.3. The highest BCUT2D eigenvalue weighted by Crippen LogP contribution is 2.16. The highest BCUT2D eigenvalue weighted by molar-refractivity contribution is 5.72. The molecule has 0 aliphatic heterocycles. The molecule has 0 aromatic heterocycles. The lowest BCUT2D eigenvalue weighted by atomic mass is 10.0. The van der Waals surface area contributed by atoms with Gasteiger partial charge in [-0.05, 0) is 12.8 Å². The molecule has 0 aromatic rings. The van der Waals surface area contributed by atoms with Gasteiger partial charge in [0.1, 0.15) is 6.61 Å². The minimum absolute atomic E-state index is 0.0419. The van der Waals surface area contributed by atoms with E-state index in [1.807, 2.05) is 21.1 Å². The van der Waals surface area contributed by atoms with E-state index in [4.69, 9.17) is 14.2 Å². The molecule has 2 unspecified atom stereocenters. The third kappa shape index (κ3) is 35.8. The fourth-order valence-corrected chi connectivity index (χ4v) is 6.98. The minimum Gasteiger partial charge on any atom is -0.477 e. The number of ether oxygens (including phenoxy) is 3. The largest absolute Gasteiger partial charge is 0.477 e. The van der Waals surface area contributed by atoms with Crippen molar-refractivity contribution in [3.05, 3.63) is 0 Å². The second-order valence-electron chi connectivity index (χ2n) is 16.7. The number of quaternary nitrogens is 1. The van der Waals surface area contributed by atoms with Crippen LogP contribution in [0.5, 0.6) is 0 Å². The summed E-state index contributed by atoms with van der Waals surface area (Å²) in [6, 6.07) is -0.607. The molecule has 0 aliphatic rings. The van der Waals surface area contributed by atoms with E-state index in [0.29, 0.717) is 19.3 Å². The zero-order valence-electron chi connectivity index (χ0n) is 35.7. The van der Waals surface area contributed by atoms with Crippen molar-refractivity contribution in [2.45, 2.75) is 231 Å². The Kier molecular flexibility index (Phi) is 36.1. The number of hydrogen-bond acceptors (Lipinski definition) is 6. The topological polar surface area (TPSA) is 99.1 Å². The molecule has 314 valence electrons. The van der Waals surface area contributed by atoms with Gasteiger partial charge in [0.25, 0.3) is 0 Å². The zero-order chi connectivity index (χ0) is 39.3. The number of unbranched alkanes of at least 4 members (excludes halogenated alkanes) is 27. The second-order valence-corrected chi connectivity index (χ2v) is 16.7. The van der Waals surface area contributed by atoms with Crippen LogP contribution in [0.2, 0.25) is 0 Å². The van der Waals surface area contributed by atoms with E-state index in [0.717, 1.165) is 38.5 Å². The molecule has 0 saturated carbocycles. The number of esters is 2. The first kappa shape index (κ1) is 51.3. The Morgan fingerprint density at radius 2 is 0.830 bits per heavy atom. The van der Waals surface area contributed by atoms with E-state index in [2.05, 4.69) is 13.8 Å². The Balaban J connectivity index is 4.27. The number of carboxylic acid groups (broad SMARTS) is 1. The van der Waals surface area contributed by atoms with Gasteiger partial charge in [-0.15, -0.1) is 0 Å². The Labute approximate surface area is 327 Å². The van der Waals surface area contributed by atoms with Gasteiger partial charge in [-0.25, -0.2) is 4.79 Å². The van der Waals surface area contributed by atoms with Gasteiger partial charge in [-0.3, -0.25) is 9.59 Å². The van der Waals surface area contributed by atoms with E-state index in [-0.39, 0.29) is 36.2 Å². The fourth-order valence-electron chi connectivity index (χ4n) is 6.98. The van der Waals surface area contributed by atoms with Crippen molar-refractivity contribution in [3.63, 3.8) is 0 Å². The van der Waals surface area contributed by atoms with Crippen LogP contribution in [-0.4, -0.2) is 80.6 Å². The normalized spacial score (nSPS) is 12.8. The summed E-state index contributed by atoms with van der Waals surface area (Å²) in [5.41, 5.74) is 0. The summed E-state index contributed by atoms with van der Waals surface area (Å²) in [6.07, 6.45) is 37.1. The van der Waals surface area contributed by atoms with E-state index in [9.17, 15) is 19.5 Å². The maximum Gasteiger partial charge on any atom is 0.362 e. The molecule has 1 N–H and O–H groups in total. The summed E-state index contributed by atoms with van der Waals surface area (Å²) in [5.74, 6) is -1.45. The standard InChI is InChI=1S/C45H87NO7/c1-6-8-10-12-14-16-18-20-21-22-24-25-27-29-31-33-35-43(47)52-40-41(39-51-38-37-42(45(49)50)46(3,4)5)53-44(48)36-34-32-30-28-26-23-19-17-15-13-11-9-7-2/h41-42H,6-40H2,1-5H3/p+1. The number of nitrogens with zero attached hydrogens (tertiary/aromatic N) is 1. The quantitative estimate of drug-likeness (QED) is 0.0377. The first-order valence-corrected chi connectivity index (χ1v) is 22.6. The molecule has 0 rings (SSSR count). The molecule has 0 aliphatic carbocycles. The molecule has 0 fully saturated rings. The highest BCUT2D eigenvalue weighted by atomic mass is 16.6. The number of carbonyl (C=O) groups is 3. The third-order valence-corrected chi connectivity index (χ3v) is 10.5. The predicted molar refractivity (Wildman–Crippen MR) is 220 cm³/mol. The SMILES string of the molecule is CCCCCCCCCCCCCCCCCCC(=O)OCC(COCCC(C(=O)O)[N+](C)(C)C)OC(=O)CCCCCCCCCCCCCCC. The summed E-state index contributed by atoms with van der Waals surface area (Å²) in [4.78, 5) is 36.9. The van der Waals surface area contributed by atoms with Gasteiger partial charge < -0.3 is 23.8 Å². The number of carboxylic acids is 1. The number of aliphatic carboxylic acids is 1. The molecule has 53 heavy (non-hydrogen) atoms. The molecule has 8 heteroatoms. The van der Waals surface area contributed by atoms with Gasteiger partial charge in [-0.1, -0.05) is 187 Å². The molecule has 0 bridgehead atoms. The molecule has 0 radical (unpaired) electrons. The molecule has 8 nitrogen and oxygen atoms in total. The maximum absolute atomic E-state index is 12.7. The lowest BCUT2D eigenvalue weighted by molar-refractivity contribution is -0.887. The Morgan fingerprint density at radius 1 is 0.491 bits per heavy atom. The molecule has 0 saturated heterocycles. The van der Waals surface area contributed by atoms with Crippen molar-refractivity contribution in [1.82, 2.24) is 0 Å². The smallest absolute Gasteiger partial charge is 0.362 e. The predicted octanol–water partition coefficient (Wildman–Crippen LogP) is 12.1. The Hall–Kier alpha value is -1.67. The van der Waals surface area contributed by atoms with Crippen molar-refractivity contribution in [2.24, 2.45) is 0 Å². The van der Waals surface area contributed by atoms with Crippen LogP contribution in [0.25, 0.3) is 0 Å². The van der Waals surface area contributed by atoms with E-state index < -0.39 is 18.1 Å². The lowest BCUT2D eigenvalue weighted by Gasteiger charge is -2.31. The Bertz CT molecular complexity index is 843.